The van der Waals surface area contributed by atoms with Gasteiger partial charge in [-0.25, -0.2) is 0 Å². The van der Waals surface area contributed by atoms with E-state index in [0.29, 0.717) is 5.69 Å². The van der Waals surface area contributed by atoms with Crippen LogP contribution >= 0.6 is 15.9 Å². The molecule has 2 amide bonds. The van der Waals surface area contributed by atoms with Crippen molar-refractivity contribution >= 4 is 39.1 Å². The van der Waals surface area contributed by atoms with Crippen molar-refractivity contribution < 1.29 is 9.59 Å². The van der Waals surface area contributed by atoms with Gasteiger partial charge in [-0.15, -0.1) is 0 Å². The predicted molar refractivity (Wildman–Crippen MR) is 76.9 cm³/mol. The summed E-state index contributed by atoms with van der Waals surface area (Å²) < 4.78 is 0. The molecule has 0 aliphatic carbocycles. The Morgan fingerprint density at radius 3 is 1.67 bits per heavy atom. The Hall–Kier alpha value is -1.36. The molecule has 1 atom stereocenters. The maximum Gasteiger partial charge on any atom is 0.237 e. The van der Waals surface area contributed by atoms with E-state index >= 15 is 0 Å². The zero-order valence-corrected chi connectivity index (χ0v) is 12.2. The lowest BCUT2D eigenvalue weighted by Crippen LogP contribution is -2.20. The van der Waals surface area contributed by atoms with Crippen LogP contribution in [0.1, 0.15) is 20.8 Å². The van der Waals surface area contributed by atoms with Crippen LogP contribution in [0.5, 0.6) is 0 Å². The summed E-state index contributed by atoms with van der Waals surface area (Å²) in [5.74, 6) is -0.187. The minimum Gasteiger partial charge on any atom is -0.326 e. The summed E-state index contributed by atoms with van der Waals surface area (Å²) in [6.07, 6.45) is 0. The Morgan fingerprint density at radius 1 is 0.944 bits per heavy atom. The van der Waals surface area contributed by atoms with Gasteiger partial charge in [-0.2, -0.15) is 0 Å². The molecule has 5 heteroatoms. The summed E-state index contributed by atoms with van der Waals surface area (Å²) in [5.41, 5.74) is 1.42. The van der Waals surface area contributed by atoms with E-state index in [9.17, 15) is 9.59 Å². The van der Waals surface area contributed by atoms with E-state index in [2.05, 4.69) is 26.6 Å². The minimum absolute atomic E-state index is 0.0270. The number of benzene rings is 1. The van der Waals surface area contributed by atoms with Crippen molar-refractivity contribution in [2.75, 3.05) is 10.6 Å². The van der Waals surface area contributed by atoms with E-state index in [1.165, 1.54) is 0 Å². The summed E-state index contributed by atoms with van der Waals surface area (Å²) >= 11 is 3.19. The molecule has 2 N–H and O–H groups in total. The second-order valence-corrected chi connectivity index (χ2v) is 5.70. The predicted octanol–water partition coefficient (Wildman–Crippen LogP) is 3.00. The SMILES string of the molecule is CC(C)C(=O)Nc1ccc(NC(=O)C(C)Br)cc1. The summed E-state index contributed by atoms with van der Waals surface area (Å²) in [6, 6.07) is 7.02. The van der Waals surface area contributed by atoms with E-state index in [-0.39, 0.29) is 22.6 Å². The van der Waals surface area contributed by atoms with Crippen molar-refractivity contribution in [1.82, 2.24) is 0 Å². The number of hydrogen-bond donors (Lipinski definition) is 2. The van der Waals surface area contributed by atoms with Crippen LogP contribution in [0.3, 0.4) is 0 Å². The third-order valence-corrected chi connectivity index (χ3v) is 2.72. The van der Waals surface area contributed by atoms with Gasteiger partial charge in [0.25, 0.3) is 0 Å². The highest BCUT2D eigenvalue weighted by molar-refractivity contribution is 9.10. The number of anilines is 2. The maximum atomic E-state index is 11.5. The number of amides is 2. The van der Waals surface area contributed by atoms with Crippen molar-refractivity contribution in [3.63, 3.8) is 0 Å². The highest BCUT2D eigenvalue weighted by Crippen LogP contribution is 2.15. The zero-order chi connectivity index (χ0) is 13.7. The van der Waals surface area contributed by atoms with E-state index in [4.69, 9.17) is 0 Å². The molecule has 0 spiro atoms. The first kappa shape index (κ1) is 14.7. The van der Waals surface area contributed by atoms with Crippen LogP contribution in [0.15, 0.2) is 24.3 Å². The molecular formula is C13H17BrN2O2. The third-order valence-electron chi connectivity index (χ3n) is 2.31. The molecule has 0 bridgehead atoms. The summed E-state index contributed by atoms with van der Waals surface area (Å²) in [4.78, 5) is 22.7. The fraction of sp³-hybridized carbons (Fsp3) is 0.385. The van der Waals surface area contributed by atoms with Gasteiger partial charge in [-0.05, 0) is 31.2 Å². The molecule has 0 saturated carbocycles. The molecule has 0 aromatic heterocycles. The Balaban J connectivity index is 2.63. The molecule has 1 unspecified atom stereocenters. The molecule has 0 aliphatic heterocycles. The van der Waals surface area contributed by atoms with Crippen LogP contribution in [0.2, 0.25) is 0 Å². The smallest absolute Gasteiger partial charge is 0.237 e. The van der Waals surface area contributed by atoms with E-state index in [1.807, 2.05) is 13.8 Å². The zero-order valence-electron chi connectivity index (χ0n) is 10.7. The molecule has 1 aromatic carbocycles. The standard InChI is InChI=1S/C13H17BrN2O2/c1-8(2)12(17)15-10-4-6-11(7-5-10)16-13(18)9(3)14/h4-9H,1-3H3,(H,15,17)(H,16,18). The van der Waals surface area contributed by atoms with Gasteiger partial charge in [0.1, 0.15) is 0 Å². The van der Waals surface area contributed by atoms with Crippen LogP contribution in [-0.4, -0.2) is 16.6 Å². The fourth-order valence-corrected chi connectivity index (χ4v) is 1.28. The summed E-state index contributed by atoms with van der Waals surface area (Å²) in [6.45, 7) is 5.43. The number of hydrogen-bond acceptors (Lipinski definition) is 2. The van der Waals surface area contributed by atoms with Crippen LogP contribution in [0, 0.1) is 5.92 Å². The monoisotopic (exact) mass is 312 g/mol. The number of nitrogens with one attached hydrogen (secondary N) is 2. The Morgan fingerprint density at radius 2 is 1.33 bits per heavy atom. The minimum atomic E-state index is -0.238. The first-order valence-electron chi connectivity index (χ1n) is 5.76. The third kappa shape index (κ3) is 4.49. The topological polar surface area (TPSA) is 58.2 Å². The summed E-state index contributed by atoms with van der Waals surface area (Å²) in [5, 5.41) is 5.53. The lowest BCUT2D eigenvalue weighted by molar-refractivity contribution is -0.119. The van der Waals surface area contributed by atoms with Gasteiger partial charge in [0.2, 0.25) is 11.8 Å². The number of carbonyl (C=O) groups is 2. The quantitative estimate of drug-likeness (QED) is 0.840. The lowest BCUT2D eigenvalue weighted by atomic mass is 10.2. The molecule has 0 heterocycles. The normalized spacial score (nSPS) is 12.1. The fourth-order valence-electron chi connectivity index (χ4n) is 1.17. The lowest BCUT2D eigenvalue weighted by Gasteiger charge is -2.10. The molecular weight excluding hydrogens is 296 g/mol. The molecule has 18 heavy (non-hydrogen) atoms. The Labute approximate surface area is 115 Å². The highest BCUT2D eigenvalue weighted by atomic mass is 79.9. The van der Waals surface area contributed by atoms with Crippen LogP contribution in [-0.2, 0) is 9.59 Å². The van der Waals surface area contributed by atoms with Crippen molar-refractivity contribution in [2.45, 2.75) is 25.6 Å². The van der Waals surface area contributed by atoms with E-state index < -0.39 is 0 Å². The number of rotatable bonds is 4. The number of carbonyl (C=O) groups excluding carboxylic acids is 2. The Bertz CT molecular complexity index is 386. The molecule has 1 rings (SSSR count). The van der Waals surface area contributed by atoms with Gasteiger partial charge < -0.3 is 10.6 Å². The maximum absolute atomic E-state index is 11.5. The van der Waals surface area contributed by atoms with Crippen molar-refractivity contribution in [3.8, 4) is 0 Å². The van der Waals surface area contributed by atoms with Gasteiger partial charge in [-0.1, -0.05) is 29.8 Å². The molecule has 98 valence electrons. The Kier molecular flexibility index (Phi) is 5.34. The average molecular weight is 313 g/mol. The van der Waals surface area contributed by atoms with Crippen LogP contribution < -0.4 is 10.6 Å². The van der Waals surface area contributed by atoms with Crippen molar-refractivity contribution in [3.05, 3.63) is 24.3 Å². The van der Waals surface area contributed by atoms with Crippen LogP contribution in [0.25, 0.3) is 0 Å². The van der Waals surface area contributed by atoms with Crippen LogP contribution in [0.4, 0.5) is 11.4 Å². The van der Waals surface area contributed by atoms with Crippen molar-refractivity contribution in [2.24, 2.45) is 5.92 Å². The largest absolute Gasteiger partial charge is 0.326 e. The number of alkyl halides is 1. The molecule has 0 aliphatic rings. The number of halogens is 1. The molecule has 0 saturated heterocycles. The van der Waals surface area contributed by atoms with E-state index in [0.717, 1.165) is 5.69 Å². The second kappa shape index (κ2) is 6.54. The second-order valence-electron chi connectivity index (χ2n) is 4.33. The first-order chi connectivity index (χ1) is 8.40. The van der Waals surface area contributed by atoms with Gasteiger partial charge in [0, 0.05) is 17.3 Å². The van der Waals surface area contributed by atoms with Gasteiger partial charge >= 0.3 is 0 Å². The van der Waals surface area contributed by atoms with Gasteiger partial charge in [0.05, 0.1) is 4.83 Å². The van der Waals surface area contributed by atoms with E-state index in [1.54, 1.807) is 31.2 Å². The summed E-state index contributed by atoms with van der Waals surface area (Å²) in [7, 11) is 0. The van der Waals surface area contributed by atoms with Gasteiger partial charge in [0.15, 0.2) is 0 Å². The first-order valence-corrected chi connectivity index (χ1v) is 6.67. The molecule has 4 nitrogen and oxygen atoms in total. The molecule has 1 aromatic rings. The van der Waals surface area contributed by atoms with Gasteiger partial charge in [-0.3, -0.25) is 9.59 Å². The average Bonchev–Trinajstić information content (AvgIpc) is 2.31. The molecule has 0 fully saturated rings. The molecule has 0 radical (unpaired) electrons. The highest BCUT2D eigenvalue weighted by Gasteiger charge is 2.09. The van der Waals surface area contributed by atoms with Crippen molar-refractivity contribution in [1.29, 1.82) is 0 Å².